The summed E-state index contributed by atoms with van der Waals surface area (Å²) in [4.78, 5) is 1.35. The van der Waals surface area contributed by atoms with Crippen LogP contribution in [-0.4, -0.2) is 6.26 Å². The summed E-state index contributed by atoms with van der Waals surface area (Å²) in [6, 6.07) is 17.1. The zero-order chi connectivity index (χ0) is 10.7. The van der Waals surface area contributed by atoms with Gasteiger partial charge in [0.1, 0.15) is 0 Å². The maximum atomic E-state index is 2.24. The minimum atomic E-state index is 1.29. The van der Waals surface area contributed by atoms with Crippen LogP contribution >= 0.6 is 11.8 Å². The fourth-order valence-corrected chi connectivity index (χ4v) is 2.36. The molecule has 0 aromatic heterocycles. The molecule has 0 atom stereocenters. The molecule has 0 radical (unpaired) electrons. The van der Waals surface area contributed by atoms with Gasteiger partial charge in [-0.25, -0.2) is 0 Å². The molecule has 0 bridgehead atoms. The molecule has 0 spiro atoms. The van der Waals surface area contributed by atoms with Crippen LogP contribution < -0.4 is 0 Å². The van der Waals surface area contributed by atoms with Gasteiger partial charge >= 0.3 is 0 Å². The number of thioether (sulfide) groups is 1. The molecule has 0 saturated heterocycles. The lowest BCUT2D eigenvalue weighted by molar-refractivity contribution is 1.36. The summed E-state index contributed by atoms with van der Waals surface area (Å²) < 4.78 is 0. The number of rotatable bonds is 2. The van der Waals surface area contributed by atoms with Gasteiger partial charge in [-0.1, -0.05) is 42.5 Å². The second kappa shape index (κ2) is 4.54. The first-order valence-electron chi connectivity index (χ1n) is 5.01. The smallest absolute Gasteiger partial charge is 0.0150 e. The van der Waals surface area contributed by atoms with Crippen molar-refractivity contribution in [2.45, 2.75) is 11.8 Å². The molecular weight excluding hydrogens is 200 g/mol. The van der Waals surface area contributed by atoms with Crippen LogP contribution in [0.4, 0.5) is 0 Å². The van der Waals surface area contributed by atoms with E-state index in [-0.39, 0.29) is 0 Å². The minimum absolute atomic E-state index is 1.29. The first-order valence-corrected chi connectivity index (χ1v) is 6.24. The summed E-state index contributed by atoms with van der Waals surface area (Å²) in [5, 5.41) is 0. The van der Waals surface area contributed by atoms with Crippen molar-refractivity contribution in [3.63, 3.8) is 0 Å². The lowest BCUT2D eigenvalue weighted by Gasteiger charge is -2.08. The van der Waals surface area contributed by atoms with Gasteiger partial charge in [0.25, 0.3) is 0 Å². The highest BCUT2D eigenvalue weighted by Gasteiger charge is 2.03. The minimum Gasteiger partial charge on any atom is -0.129 e. The van der Waals surface area contributed by atoms with Gasteiger partial charge in [-0.05, 0) is 35.9 Å². The third-order valence-electron chi connectivity index (χ3n) is 2.44. The topological polar surface area (TPSA) is 0 Å². The SMILES string of the molecule is CSc1cc(C)ccc1-c1ccccc1. The normalized spacial score (nSPS) is 10.3. The molecule has 2 rings (SSSR count). The number of hydrogen-bond donors (Lipinski definition) is 0. The van der Waals surface area contributed by atoms with Gasteiger partial charge in [-0.2, -0.15) is 0 Å². The van der Waals surface area contributed by atoms with Gasteiger partial charge < -0.3 is 0 Å². The second-order valence-electron chi connectivity index (χ2n) is 3.57. The molecule has 0 saturated carbocycles. The van der Waals surface area contributed by atoms with Crippen LogP contribution in [-0.2, 0) is 0 Å². The Labute approximate surface area is 95.3 Å². The molecule has 2 aromatic carbocycles. The third-order valence-corrected chi connectivity index (χ3v) is 3.22. The van der Waals surface area contributed by atoms with Crippen LogP contribution in [0.3, 0.4) is 0 Å². The fourth-order valence-electron chi connectivity index (χ4n) is 1.65. The van der Waals surface area contributed by atoms with Crippen LogP contribution in [0, 0.1) is 6.92 Å². The maximum Gasteiger partial charge on any atom is 0.0150 e. The van der Waals surface area contributed by atoms with E-state index >= 15 is 0 Å². The van der Waals surface area contributed by atoms with Gasteiger partial charge in [0.05, 0.1) is 0 Å². The molecule has 0 nitrogen and oxygen atoms in total. The molecule has 0 fully saturated rings. The van der Waals surface area contributed by atoms with E-state index in [1.54, 1.807) is 11.8 Å². The average Bonchev–Trinajstić information content (AvgIpc) is 2.30. The fraction of sp³-hybridized carbons (Fsp3) is 0.143. The zero-order valence-corrected chi connectivity index (χ0v) is 9.84. The van der Waals surface area contributed by atoms with Crippen molar-refractivity contribution in [1.82, 2.24) is 0 Å². The van der Waals surface area contributed by atoms with E-state index in [4.69, 9.17) is 0 Å². The molecule has 0 aliphatic rings. The molecule has 0 aliphatic carbocycles. The number of hydrogen-bond acceptors (Lipinski definition) is 1. The van der Waals surface area contributed by atoms with Crippen molar-refractivity contribution in [1.29, 1.82) is 0 Å². The Morgan fingerprint density at radius 1 is 0.933 bits per heavy atom. The maximum absolute atomic E-state index is 2.24. The average molecular weight is 214 g/mol. The van der Waals surface area contributed by atoms with Crippen LogP contribution in [0.25, 0.3) is 11.1 Å². The standard InChI is InChI=1S/C14H14S/c1-11-8-9-13(14(10-11)15-2)12-6-4-3-5-7-12/h3-10H,1-2H3. The summed E-state index contributed by atoms with van der Waals surface area (Å²) in [6.07, 6.45) is 2.13. The van der Waals surface area contributed by atoms with Gasteiger partial charge in [-0.3, -0.25) is 0 Å². The monoisotopic (exact) mass is 214 g/mol. The van der Waals surface area contributed by atoms with Gasteiger partial charge in [0, 0.05) is 4.90 Å². The zero-order valence-electron chi connectivity index (χ0n) is 9.03. The van der Waals surface area contributed by atoms with Crippen molar-refractivity contribution in [3.8, 4) is 11.1 Å². The highest BCUT2D eigenvalue weighted by atomic mass is 32.2. The van der Waals surface area contributed by atoms with E-state index in [0.29, 0.717) is 0 Å². The molecule has 2 aromatic rings. The van der Waals surface area contributed by atoms with E-state index in [1.165, 1.54) is 21.6 Å². The molecular formula is C14H14S. The Balaban J connectivity index is 2.53. The number of benzene rings is 2. The van der Waals surface area contributed by atoms with Gasteiger partial charge in [-0.15, -0.1) is 11.8 Å². The van der Waals surface area contributed by atoms with E-state index < -0.39 is 0 Å². The summed E-state index contributed by atoms with van der Waals surface area (Å²) >= 11 is 1.80. The highest BCUT2D eigenvalue weighted by Crippen LogP contribution is 2.30. The predicted octanol–water partition coefficient (Wildman–Crippen LogP) is 4.38. The van der Waals surface area contributed by atoms with Crippen LogP contribution in [0.5, 0.6) is 0 Å². The molecule has 1 heteroatoms. The van der Waals surface area contributed by atoms with Crippen molar-refractivity contribution < 1.29 is 0 Å². The lowest BCUT2D eigenvalue weighted by atomic mass is 10.0. The molecule has 0 aliphatic heterocycles. The Hall–Kier alpha value is -1.21. The molecule has 0 N–H and O–H groups in total. The summed E-state index contributed by atoms with van der Waals surface area (Å²) in [5.41, 5.74) is 3.94. The summed E-state index contributed by atoms with van der Waals surface area (Å²) in [6.45, 7) is 2.13. The van der Waals surface area contributed by atoms with Crippen molar-refractivity contribution >= 4 is 11.8 Å². The number of aryl methyl sites for hydroxylation is 1. The molecule has 0 heterocycles. The van der Waals surface area contributed by atoms with E-state index in [0.717, 1.165) is 0 Å². The van der Waals surface area contributed by atoms with E-state index in [9.17, 15) is 0 Å². The van der Waals surface area contributed by atoms with E-state index in [2.05, 4.69) is 61.7 Å². The third kappa shape index (κ3) is 2.24. The van der Waals surface area contributed by atoms with Crippen molar-refractivity contribution in [2.24, 2.45) is 0 Å². The predicted molar refractivity (Wildman–Crippen MR) is 68.4 cm³/mol. The van der Waals surface area contributed by atoms with Crippen LogP contribution in [0.1, 0.15) is 5.56 Å². The molecule has 0 unspecified atom stereocenters. The first-order chi connectivity index (χ1) is 7.31. The molecule has 0 amide bonds. The van der Waals surface area contributed by atoms with Crippen molar-refractivity contribution in [3.05, 3.63) is 54.1 Å². The quantitative estimate of drug-likeness (QED) is 0.668. The lowest BCUT2D eigenvalue weighted by Crippen LogP contribution is -1.83. The Morgan fingerprint density at radius 3 is 2.33 bits per heavy atom. The van der Waals surface area contributed by atoms with E-state index in [1.807, 2.05) is 0 Å². The molecule has 76 valence electrons. The Morgan fingerprint density at radius 2 is 1.67 bits per heavy atom. The Kier molecular flexibility index (Phi) is 3.12. The largest absolute Gasteiger partial charge is 0.129 e. The highest BCUT2D eigenvalue weighted by molar-refractivity contribution is 7.98. The second-order valence-corrected chi connectivity index (χ2v) is 4.42. The summed E-state index contributed by atoms with van der Waals surface area (Å²) in [7, 11) is 0. The van der Waals surface area contributed by atoms with Crippen molar-refractivity contribution in [2.75, 3.05) is 6.26 Å². The Bertz CT molecular complexity index is 446. The van der Waals surface area contributed by atoms with Crippen LogP contribution in [0.2, 0.25) is 0 Å². The summed E-state index contributed by atoms with van der Waals surface area (Å²) in [5.74, 6) is 0. The van der Waals surface area contributed by atoms with Crippen LogP contribution in [0.15, 0.2) is 53.4 Å². The first kappa shape index (κ1) is 10.3. The van der Waals surface area contributed by atoms with Gasteiger partial charge in [0.15, 0.2) is 0 Å². The molecule has 15 heavy (non-hydrogen) atoms. The van der Waals surface area contributed by atoms with Gasteiger partial charge in [0.2, 0.25) is 0 Å².